The van der Waals surface area contributed by atoms with Crippen LogP contribution < -0.4 is 0 Å². The van der Waals surface area contributed by atoms with Gasteiger partial charge in [0.15, 0.2) is 0 Å². The van der Waals surface area contributed by atoms with Gasteiger partial charge >= 0.3 is 0 Å². The van der Waals surface area contributed by atoms with Crippen molar-refractivity contribution in [2.75, 3.05) is 0 Å². The lowest BCUT2D eigenvalue weighted by atomic mass is 10.0. The maximum atomic E-state index is 2.22. The van der Waals surface area contributed by atoms with Crippen molar-refractivity contribution in [3.8, 4) is 0 Å². The number of hydrogen-bond donors (Lipinski definition) is 0. The molecule has 0 nitrogen and oxygen atoms in total. The zero-order valence-corrected chi connectivity index (χ0v) is 9.13. The molecule has 0 fully saturated rings. The van der Waals surface area contributed by atoms with E-state index in [0.29, 0.717) is 0 Å². The second kappa shape index (κ2) is 3.74. The third-order valence-corrected chi connectivity index (χ3v) is 3.90. The molecule has 0 unspecified atom stereocenters. The first-order valence-electron chi connectivity index (χ1n) is 5.10. The highest BCUT2D eigenvalue weighted by atomic mass is 32.2. The van der Waals surface area contributed by atoms with Gasteiger partial charge in [-0.3, -0.25) is 0 Å². The quantitative estimate of drug-likeness (QED) is 0.689. The molecule has 0 aliphatic carbocycles. The smallest absolute Gasteiger partial charge is 0.0690 e. The van der Waals surface area contributed by atoms with Crippen molar-refractivity contribution in [3.63, 3.8) is 0 Å². The molecule has 0 saturated carbocycles. The van der Waals surface area contributed by atoms with Gasteiger partial charge in [-0.05, 0) is 23.6 Å². The average Bonchev–Trinajstić information content (AvgIpc) is 2.74. The van der Waals surface area contributed by atoms with Gasteiger partial charge in [0.05, 0.1) is 5.25 Å². The summed E-state index contributed by atoms with van der Waals surface area (Å²) < 4.78 is 0. The number of rotatable bonds is 1. The van der Waals surface area contributed by atoms with E-state index in [0.717, 1.165) is 6.42 Å². The van der Waals surface area contributed by atoms with Crippen molar-refractivity contribution in [3.05, 3.63) is 71.0 Å². The van der Waals surface area contributed by atoms with Crippen LogP contribution in [-0.4, -0.2) is 0 Å². The molecule has 15 heavy (non-hydrogen) atoms. The van der Waals surface area contributed by atoms with Crippen LogP contribution in [0.15, 0.2) is 59.5 Å². The minimum Gasteiger partial charge on any atom is -0.112 e. The Balaban J connectivity index is 1.91. The van der Waals surface area contributed by atoms with E-state index in [1.165, 1.54) is 21.3 Å². The molecule has 0 aromatic heterocycles. The molecule has 0 spiro atoms. The molecule has 2 aromatic rings. The van der Waals surface area contributed by atoms with Crippen molar-refractivity contribution >= 4 is 11.8 Å². The highest BCUT2D eigenvalue weighted by molar-refractivity contribution is 8.02. The summed E-state index contributed by atoms with van der Waals surface area (Å²) >= 11 is 1.91. The summed E-state index contributed by atoms with van der Waals surface area (Å²) in [6.07, 6.45) is 1.09. The fourth-order valence-corrected chi connectivity index (χ4v) is 3.04. The van der Waals surface area contributed by atoms with Gasteiger partial charge in [-0.2, -0.15) is 0 Å². The maximum absolute atomic E-state index is 2.22. The van der Waals surface area contributed by atoms with Gasteiger partial charge in [0, 0.05) is 4.90 Å². The third-order valence-electron chi connectivity index (χ3n) is 2.65. The van der Waals surface area contributed by atoms with E-state index >= 15 is 0 Å². The Morgan fingerprint density at radius 2 is 1.53 bits per heavy atom. The van der Waals surface area contributed by atoms with E-state index in [1.54, 1.807) is 0 Å². The molecular formula is C14H11S. The Kier molecular flexibility index (Phi) is 2.26. The molecule has 0 amide bonds. The van der Waals surface area contributed by atoms with Crippen LogP contribution in [0.5, 0.6) is 0 Å². The Bertz CT molecular complexity index is 437. The van der Waals surface area contributed by atoms with Gasteiger partial charge in [0.2, 0.25) is 0 Å². The highest BCUT2D eigenvalue weighted by Gasteiger charge is 2.23. The number of hydrogen-bond acceptors (Lipinski definition) is 1. The van der Waals surface area contributed by atoms with Gasteiger partial charge in [-0.25, -0.2) is 0 Å². The summed E-state index contributed by atoms with van der Waals surface area (Å²) in [5.74, 6) is 0. The summed E-state index contributed by atoms with van der Waals surface area (Å²) in [5, 5.41) is 1.47. The van der Waals surface area contributed by atoms with Crippen molar-refractivity contribution in [1.29, 1.82) is 0 Å². The van der Waals surface area contributed by atoms with E-state index < -0.39 is 0 Å². The fourth-order valence-electron chi connectivity index (χ4n) is 1.88. The van der Waals surface area contributed by atoms with Crippen LogP contribution in [0, 0.1) is 5.25 Å². The SMILES string of the molecule is c1ccc([C]2Cc3ccccc3S2)cc1. The largest absolute Gasteiger partial charge is 0.112 e. The van der Waals surface area contributed by atoms with E-state index in [-0.39, 0.29) is 0 Å². The average molecular weight is 211 g/mol. The van der Waals surface area contributed by atoms with Crippen LogP contribution in [0.4, 0.5) is 0 Å². The lowest BCUT2D eigenvalue weighted by Gasteiger charge is -2.06. The van der Waals surface area contributed by atoms with Crippen LogP contribution in [0.25, 0.3) is 0 Å². The van der Waals surface area contributed by atoms with Gasteiger partial charge in [-0.1, -0.05) is 48.5 Å². The maximum Gasteiger partial charge on any atom is 0.0690 e. The molecule has 0 atom stereocenters. The van der Waals surface area contributed by atoms with Gasteiger partial charge in [0.1, 0.15) is 0 Å². The summed E-state index contributed by atoms with van der Waals surface area (Å²) in [4.78, 5) is 1.41. The Morgan fingerprint density at radius 1 is 0.800 bits per heavy atom. The molecule has 3 rings (SSSR count). The summed E-state index contributed by atoms with van der Waals surface area (Å²) in [5.41, 5.74) is 2.82. The van der Waals surface area contributed by atoms with E-state index in [1.807, 2.05) is 11.8 Å². The Morgan fingerprint density at radius 3 is 2.33 bits per heavy atom. The fraction of sp³-hybridized carbons (Fsp3) is 0.0714. The molecule has 0 bridgehead atoms. The van der Waals surface area contributed by atoms with E-state index in [4.69, 9.17) is 0 Å². The van der Waals surface area contributed by atoms with Crippen molar-refractivity contribution in [1.82, 2.24) is 0 Å². The number of thioether (sulfide) groups is 1. The van der Waals surface area contributed by atoms with Crippen molar-refractivity contribution in [2.45, 2.75) is 11.3 Å². The summed E-state index contributed by atoms with van der Waals surface area (Å²) in [6.45, 7) is 0. The van der Waals surface area contributed by atoms with Gasteiger partial charge < -0.3 is 0 Å². The molecule has 0 N–H and O–H groups in total. The Hall–Kier alpha value is -1.21. The standard InChI is InChI=1S/C14H11S/c1-2-6-11(7-3-1)14-10-12-8-4-5-9-13(12)15-14/h1-9H,10H2. The lowest BCUT2D eigenvalue weighted by molar-refractivity contribution is 1.13. The number of benzene rings is 2. The summed E-state index contributed by atoms with van der Waals surface area (Å²) in [7, 11) is 0. The van der Waals surface area contributed by atoms with Gasteiger partial charge in [0.25, 0.3) is 0 Å². The first-order valence-corrected chi connectivity index (χ1v) is 5.92. The molecular weight excluding hydrogens is 200 g/mol. The van der Waals surface area contributed by atoms with E-state index in [2.05, 4.69) is 54.6 Å². The van der Waals surface area contributed by atoms with E-state index in [9.17, 15) is 0 Å². The van der Waals surface area contributed by atoms with Crippen LogP contribution in [0.2, 0.25) is 0 Å². The van der Waals surface area contributed by atoms with Gasteiger partial charge in [-0.15, -0.1) is 11.8 Å². The molecule has 1 heterocycles. The first-order chi connectivity index (χ1) is 7.43. The van der Waals surface area contributed by atoms with Crippen molar-refractivity contribution in [2.24, 2.45) is 0 Å². The minimum absolute atomic E-state index is 1.09. The molecule has 1 aliphatic heterocycles. The highest BCUT2D eigenvalue weighted by Crippen LogP contribution is 2.45. The van der Waals surface area contributed by atoms with Crippen LogP contribution >= 0.6 is 11.8 Å². The number of fused-ring (bicyclic) bond motifs is 1. The molecule has 73 valence electrons. The zero-order valence-electron chi connectivity index (χ0n) is 8.31. The van der Waals surface area contributed by atoms with Crippen LogP contribution in [0.1, 0.15) is 11.1 Å². The molecule has 0 saturated heterocycles. The van der Waals surface area contributed by atoms with Crippen molar-refractivity contribution < 1.29 is 0 Å². The second-order valence-electron chi connectivity index (χ2n) is 3.68. The third kappa shape index (κ3) is 1.68. The molecule has 1 aliphatic rings. The Labute approximate surface area is 94.3 Å². The predicted octanol–water partition coefficient (Wildman–Crippen LogP) is 3.92. The second-order valence-corrected chi connectivity index (χ2v) is 4.81. The monoisotopic (exact) mass is 211 g/mol. The topological polar surface area (TPSA) is 0 Å². The zero-order chi connectivity index (χ0) is 10.1. The minimum atomic E-state index is 1.09. The summed E-state index contributed by atoms with van der Waals surface area (Å²) in [6, 6.07) is 19.3. The molecule has 1 heteroatoms. The van der Waals surface area contributed by atoms with Crippen LogP contribution in [-0.2, 0) is 6.42 Å². The first kappa shape index (κ1) is 9.05. The molecule has 1 radical (unpaired) electrons. The predicted molar refractivity (Wildman–Crippen MR) is 64.8 cm³/mol. The molecule has 2 aromatic carbocycles. The normalized spacial score (nSPS) is 15.2. The lowest BCUT2D eigenvalue weighted by Crippen LogP contribution is -1.92. The van der Waals surface area contributed by atoms with Crippen LogP contribution in [0.3, 0.4) is 0 Å².